The summed E-state index contributed by atoms with van der Waals surface area (Å²) in [5, 5.41) is 47.6. The summed E-state index contributed by atoms with van der Waals surface area (Å²) < 4.78 is 49.6. The number of carboxylic acids is 2. The highest BCUT2D eigenvalue weighted by molar-refractivity contribution is 7.22. The lowest BCUT2D eigenvalue weighted by molar-refractivity contribution is -0.198. The molecule has 112 heavy (non-hydrogen) atoms. The molecule has 7 N–H and O–H groups in total. The molecule has 3 aliphatic heterocycles. The van der Waals surface area contributed by atoms with Crippen molar-refractivity contribution in [2.45, 2.75) is 155 Å². The molecule has 7 amide bonds. The standard InChI is InChI=1S/C80H101N11O20S/c1-7-79(50-91-51(2)57(42-83-91)55-16-18-64(86-71(55)74(101)102)89-27-22-53-11-10-12-56(58(53)43-89)72(98)87-75-85-59-13-8-9-14-63(59)112-75)47-78(5)45-77(3,4)46-80(48-78,49-79)109-32-29-88(6)76(103)108-44-52-15-17-61(110-70-41-54(92)40-62(111-70)73(99)100)60(39-52)84-67(95)21-25-81-66(94)24-30-104-33-35-106-37-38-107-36-34-105-31-26-82-65(93)23-28-90-68(96)19-20-69(90)97/h8-20,39,42,54,62,70,92H,7,21-38,40-41,43-50H2,1-6H3,(H,81,94)(H,82,93)(H,84,95)(H,99,100)(H,101,102)(H,85,87,98)/t54-,62-,70+,78?,79?,80?/m0/s1. The van der Waals surface area contributed by atoms with Gasteiger partial charge in [-0.2, -0.15) is 5.10 Å². The smallest absolute Gasteiger partial charge is 0.409 e. The Morgan fingerprint density at radius 1 is 0.741 bits per heavy atom. The van der Waals surface area contributed by atoms with Crippen molar-refractivity contribution in [1.82, 2.24) is 40.2 Å². The Bertz CT molecular complexity index is 4380. The van der Waals surface area contributed by atoms with Crippen LogP contribution < -0.4 is 30.9 Å². The molecule has 5 aliphatic rings. The number of fused-ring (bicyclic) bond motifs is 4. The zero-order valence-corrected chi connectivity index (χ0v) is 65.0. The van der Waals surface area contributed by atoms with Crippen LogP contribution in [0.2, 0.25) is 0 Å². The van der Waals surface area contributed by atoms with Crippen molar-refractivity contribution >= 4 is 91.7 Å². The van der Waals surface area contributed by atoms with Crippen LogP contribution in [0.3, 0.4) is 0 Å². The van der Waals surface area contributed by atoms with Crippen LogP contribution in [-0.2, 0) is 88.0 Å². The first-order valence-corrected chi connectivity index (χ1v) is 38.8. The zero-order chi connectivity index (χ0) is 79.7. The summed E-state index contributed by atoms with van der Waals surface area (Å²) in [4.78, 5) is 128. The third-order valence-electron chi connectivity index (χ3n) is 20.9. The minimum atomic E-state index is -1.34. The van der Waals surface area contributed by atoms with Gasteiger partial charge in [0.1, 0.15) is 18.2 Å². The number of amides is 7. The van der Waals surface area contributed by atoms with E-state index in [1.807, 2.05) is 65.0 Å². The Labute approximate surface area is 653 Å². The highest BCUT2D eigenvalue weighted by Crippen LogP contribution is 2.64. The number of rotatable bonds is 39. The number of carboxylic acid groups (broad SMARTS) is 2. The van der Waals surface area contributed by atoms with Crippen molar-refractivity contribution in [3.05, 3.63) is 125 Å². The normalized spacial score (nSPS) is 21.1. The van der Waals surface area contributed by atoms with Gasteiger partial charge in [-0.25, -0.2) is 24.4 Å². The topological polar surface area (TPSA) is 390 Å². The van der Waals surface area contributed by atoms with Gasteiger partial charge in [0.05, 0.1) is 93.3 Å². The number of aromatic carboxylic acids is 1. The van der Waals surface area contributed by atoms with Crippen molar-refractivity contribution in [3.63, 3.8) is 0 Å². The van der Waals surface area contributed by atoms with E-state index in [0.29, 0.717) is 85.7 Å². The Kier molecular flexibility index (Phi) is 28.0. The zero-order valence-electron chi connectivity index (χ0n) is 64.2. The predicted molar refractivity (Wildman–Crippen MR) is 411 cm³/mol. The van der Waals surface area contributed by atoms with Crippen LogP contribution in [0.15, 0.2) is 91.1 Å². The Morgan fingerprint density at radius 2 is 1.46 bits per heavy atom. The van der Waals surface area contributed by atoms with E-state index < -0.39 is 59.9 Å². The van der Waals surface area contributed by atoms with Crippen LogP contribution in [-0.4, -0.2) is 222 Å². The number of aromatic nitrogens is 4. The molecule has 32 heteroatoms. The number of carbonyl (C=O) groups excluding carboxylic acids is 7. The van der Waals surface area contributed by atoms with E-state index in [4.69, 9.17) is 48.0 Å². The van der Waals surface area contributed by atoms with Crippen LogP contribution in [0.1, 0.15) is 142 Å². The first kappa shape index (κ1) is 83.1. The van der Waals surface area contributed by atoms with E-state index in [-0.39, 0.29) is 149 Å². The molecule has 602 valence electrons. The van der Waals surface area contributed by atoms with Crippen LogP contribution in [0, 0.1) is 23.2 Å². The van der Waals surface area contributed by atoms with Gasteiger partial charge >= 0.3 is 18.0 Å². The largest absolute Gasteiger partial charge is 0.479 e. The van der Waals surface area contributed by atoms with Crippen molar-refractivity contribution in [2.24, 2.45) is 16.2 Å². The first-order valence-electron chi connectivity index (χ1n) is 38.0. The first-order chi connectivity index (χ1) is 53.7. The molecule has 1 saturated heterocycles. The minimum Gasteiger partial charge on any atom is -0.479 e. The second-order valence-corrected chi connectivity index (χ2v) is 31.6. The lowest BCUT2D eigenvalue weighted by Crippen LogP contribution is -2.58. The van der Waals surface area contributed by atoms with Crippen molar-refractivity contribution in [3.8, 4) is 16.9 Å². The quantitative estimate of drug-likeness (QED) is 0.0140. The maximum absolute atomic E-state index is 13.8. The fourth-order valence-corrected chi connectivity index (χ4v) is 17.3. The summed E-state index contributed by atoms with van der Waals surface area (Å²) >= 11 is 1.41. The maximum Gasteiger partial charge on any atom is 0.409 e. The highest BCUT2D eigenvalue weighted by Gasteiger charge is 2.59. The van der Waals surface area contributed by atoms with E-state index >= 15 is 0 Å². The molecule has 3 aromatic carbocycles. The van der Waals surface area contributed by atoms with Gasteiger partial charge in [-0.05, 0) is 127 Å². The summed E-state index contributed by atoms with van der Waals surface area (Å²) in [5.41, 5.74) is 4.62. The number of likely N-dealkylation sites (N-methyl/N-ethyl adjacent to an activating group) is 1. The Morgan fingerprint density at radius 3 is 2.20 bits per heavy atom. The SMILES string of the molecule is CCC1(Cn2ncc(-c3ccc(N4CCc5cccc(C(=O)Nc6nc7ccccc7s6)c5C4)nc3C(=O)O)c2C)CC2(C)CC(C)(C)CC(OCCN(C)C(=O)OCc3ccc(O[C@H]4C[C@@H](O)C[C@@H](C(=O)O)O4)c(NC(=O)CCNC(=O)CCOCCOCCOCCOCCNC(=O)CCN4C(=O)C=CC4=O)c3)(C2)C1. The summed E-state index contributed by atoms with van der Waals surface area (Å²) in [5.74, 6) is -4.20. The lowest BCUT2D eigenvalue weighted by Gasteiger charge is -2.62. The molecule has 2 aliphatic carbocycles. The molecule has 0 radical (unpaired) electrons. The number of hydrogen-bond acceptors (Lipinski definition) is 23. The number of benzene rings is 3. The second-order valence-electron chi connectivity index (χ2n) is 30.5. The van der Waals surface area contributed by atoms with E-state index in [2.05, 4.69) is 53.9 Å². The molecular weight excluding hydrogens is 1470 g/mol. The Hall–Kier alpha value is -9.80. The number of imide groups is 1. The van der Waals surface area contributed by atoms with Gasteiger partial charge < -0.3 is 79.0 Å². The number of aliphatic hydroxyl groups excluding tert-OH is 1. The van der Waals surface area contributed by atoms with Gasteiger partial charge in [0.2, 0.25) is 24.0 Å². The van der Waals surface area contributed by atoms with Gasteiger partial charge in [-0.15, -0.1) is 0 Å². The molecule has 2 bridgehead atoms. The van der Waals surface area contributed by atoms with Gasteiger partial charge in [0, 0.05) is 120 Å². The second kappa shape index (κ2) is 37.7. The number of thiazole rings is 1. The average Bonchev–Trinajstić information content (AvgIpc) is 0.834. The minimum absolute atomic E-state index is 0.00474. The molecule has 6 aromatic rings. The third-order valence-corrected chi connectivity index (χ3v) is 21.9. The van der Waals surface area contributed by atoms with Gasteiger partial charge in [0.25, 0.3) is 17.7 Å². The van der Waals surface area contributed by atoms with Crippen molar-refractivity contribution in [1.29, 1.82) is 0 Å². The molecule has 0 spiro atoms. The number of carbonyl (C=O) groups is 9. The molecule has 6 atom stereocenters. The molecule has 3 aromatic heterocycles. The number of pyridine rings is 1. The van der Waals surface area contributed by atoms with Gasteiger partial charge in [0.15, 0.2) is 16.9 Å². The molecular formula is C80H101N11O20S. The number of anilines is 3. The summed E-state index contributed by atoms with van der Waals surface area (Å²) in [6.45, 7) is 15.0. The molecule has 3 unspecified atom stereocenters. The van der Waals surface area contributed by atoms with Gasteiger partial charge in [-0.1, -0.05) is 69.4 Å². The molecule has 2 saturated carbocycles. The number of hydrogen-bond donors (Lipinski definition) is 7. The molecule has 11 rings (SSSR count). The van der Waals surface area contributed by atoms with Crippen LogP contribution >= 0.6 is 11.3 Å². The summed E-state index contributed by atoms with van der Waals surface area (Å²) in [7, 11) is 1.63. The fraction of sp³-hybridized carbons (Fsp3) is 0.525. The lowest BCUT2D eigenvalue weighted by atomic mass is 9.47. The molecule has 6 heterocycles. The summed E-state index contributed by atoms with van der Waals surface area (Å²) in [6, 6.07) is 21.7. The molecule has 31 nitrogen and oxygen atoms in total. The van der Waals surface area contributed by atoms with E-state index in [9.17, 15) is 58.5 Å². The molecule has 3 fully saturated rings. The van der Waals surface area contributed by atoms with Crippen LogP contribution in [0.25, 0.3) is 21.3 Å². The monoisotopic (exact) mass is 1570 g/mol. The fourth-order valence-electron chi connectivity index (χ4n) is 16.4. The number of para-hydroxylation sites is 1. The summed E-state index contributed by atoms with van der Waals surface area (Å²) in [6.07, 6.45) is 5.21. The Balaban J connectivity index is 0.633. The predicted octanol–water partition coefficient (Wildman–Crippen LogP) is 8.47. The number of nitrogens with one attached hydrogen (secondary N) is 4. The van der Waals surface area contributed by atoms with Crippen LogP contribution in [0.4, 0.5) is 21.4 Å². The highest BCUT2D eigenvalue weighted by atomic mass is 32.1. The van der Waals surface area contributed by atoms with E-state index in [1.54, 1.807) is 31.4 Å². The van der Waals surface area contributed by atoms with E-state index in [0.717, 1.165) is 70.5 Å². The van der Waals surface area contributed by atoms with Crippen LogP contribution in [0.5, 0.6) is 5.75 Å². The van der Waals surface area contributed by atoms with E-state index in [1.165, 1.54) is 34.5 Å². The third kappa shape index (κ3) is 22.1. The number of aliphatic carboxylic acids is 1. The van der Waals surface area contributed by atoms with Gasteiger partial charge in [-0.3, -0.25) is 43.7 Å². The number of nitrogens with zero attached hydrogens (tertiary/aromatic N) is 7. The number of ether oxygens (including phenoxy) is 8. The average molecular weight is 1570 g/mol. The maximum atomic E-state index is 13.8. The number of aliphatic hydroxyl groups is 1. The van der Waals surface area contributed by atoms with Crippen molar-refractivity contribution < 1.29 is 96.4 Å². The van der Waals surface area contributed by atoms with Crippen molar-refractivity contribution in [2.75, 3.05) is 115 Å².